The van der Waals surface area contributed by atoms with Crippen molar-refractivity contribution in [3.05, 3.63) is 0 Å². The first-order chi connectivity index (χ1) is 5.75. The highest BCUT2D eigenvalue weighted by molar-refractivity contribution is 5.81. The number of carbonyl (C=O) groups is 1. The largest absolute Gasteiger partial charge is 0.327 e. The predicted molar refractivity (Wildman–Crippen MR) is 49.8 cm³/mol. The van der Waals surface area contributed by atoms with Gasteiger partial charge in [0.25, 0.3) is 0 Å². The number of nitrogens with two attached hydrogens (primary N) is 1. The molecule has 12 heavy (non-hydrogen) atoms. The van der Waals surface area contributed by atoms with Crippen molar-refractivity contribution in [2.24, 2.45) is 11.7 Å². The lowest BCUT2D eigenvalue weighted by atomic mass is 9.90. The molecule has 70 valence electrons. The quantitative estimate of drug-likeness (QED) is 0.641. The van der Waals surface area contributed by atoms with Crippen LogP contribution in [0.4, 0.5) is 0 Å². The Kier molecular flexibility index (Phi) is 3.73. The van der Waals surface area contributed by atoms with Crippen molar-refractivity contribution >= 4 is 5.78 Å². The molecule has 1 rings (SSSR count). The van der Waals surface area contributed by atoms with Crippen LogP contribution in [0, 0.1) is 5.92 Å². The smallest absolute Gasteiger partial charge is 0.137 e. The molecule has 2 atom stereocenters. The van der Waals surface area contributed by atoms with E-state index in [1.807, 2.05) is 6.92 Å². The van der Waals surface area contributed by atoms with Crippen LogP contribution < -0.4 is 5.73 Å². The van der Waals surface area contributed by atoms with Crippen LogP contribution in [0.25, 0.3) is 0 Å². The first-order valence-electron chi connectivity index (χ1n) is 5.04. The molecule has 0 bridgehead atoms. The summed E-state index contributed by atoms with van der Waals surface area (Å²) in [6.07, 6.45) is 6.35. The molecule has 0 heterocycles. The van der Waals surface area contributed by atoms with E-state index in [0.717, 1.165) is 12.8 Å². The number of ketones is 1. The van der Waals surface area contributed by atoms with Gasteiger partial charge < -0.3 is 5.73 Å². The molecule has 1 fully saturated rings. The third-order valence-corrected chi connectivity index (χ3v) is 2.83. The van der Waals surface area contributed by atoms with Gasteiger partial charge in [-0.3, -0.25) is 4.79 Å². The Morgan fingerprint density at radius 3 is 2.67 bits per heavy atom. The van der Waals surface area contributed by atoms with Crippen LogP contribution >= 0.6 is 0 Å². The predicted octanol–water partition coefficient (Wildman–Crippen LogP) is 1.87. The molecule has 2 nitrogen and oxygen atoms in total. The van der Waals surface area contributed by atoms with Crippen molar-refractivity contribution in [3.63, 3.8) is 0 Å². The molecular weight excluding hydrogens is 150 g/mol. The summed E-state index contributed by atoms with van der Waals surface area (Å²) < 4.78 is 0. The van der Waals surface area contributed by atoms with Crippen molar-refractivity contribution in [1.82, 2.24) is 0 Å². The van der Waals surface area contributed by atoms with Crippen molar-refractivity contribution in [2.45, 2.75) is 51.5 Å². The number of rotatable bonds is 2. The minimum Gasteiger partial charge on any atom is -0.327 e. The Bertz CT molecular complexity index is 156. The first kappa shape index (κ1) is 9.72. The molecule has 0 aromatic heterocycles. The fourth-order valence-corrected chi connectivity index (χ4v) is 2.00. The molecule has 1 saturated carbocycles. The van der Waals surface area contributed by atoms with Gasteiger partial charge in [-0.05, 0) is 12.8 Å². The Balaban J connectivity index is 2.52. The topological polar surface area (TPSA) is 43.1 Å². The van der Waals surface area contributed by atoms with Crippen LogP contribution in [-0.2, 0) is 4.79 Å². The van der Waals surface area contributed by atoms with Crippen molar-refractivity contribution in [2.75, 3.05) is 0 Å². The van der Waals surface area contributed by atoms with Gasteiger partial charge in [-0.2, -0.15) is 0 Å². The summed E-state index contributed by atoms with van der Waals surface area (Å²) >= 11 is 0. The van der Waals surface area contributed by atoms with Crippen LogP contribution in [0.3, 0.4) is 0 Å². The average Bonchev–Trinajstić information content (AvgIpc) is 2.28. The van der Waals surface area contributed by atoms with Crippen LogP contribution in [0.15, 0.2) is 0 Å². The van der Waals surface area contributed by atoms with Crippen molar-refractivity contribution < 1.29 is 4.79 Å². The second kappa shape index (κ2) is 4.61. The van der Waals surface area contributed by atoms with Gasteiger partial charge in [0.2, 0.25) is 0 Å². The monoisotopic (exact) mass is 169 g/mol. The van der Waals surface area contributed by atoms with Gasteiger partial charge in [-0.25, -0.2) is 0 Å². The summed E-state index contributed by atoms with van der Waals surface area (Å²) in [6.45, 7) is 1.93. The van der Waals surface area contributed by atoms with E-state index in [0.29, 0.717) is 12.2 Å². The lowest BCUT2D eigenvalue weighted by Crippen LogP contribution is -2.34. The second-order valence-corrected chi connectivity index (χ2v) is 3.73. The van der Waals surface area contributed by atoms with Crippen LogP contribution in [0.1, 0.15) is 45.4 Å². The molecule has 0 aromatic carbocycles. The molecular formula is C10H19NO. The molecule has 0 spiro atoms. The third-order valence-electron chi connectivity index (χ3n) is 2.83. The van der Waals surface area contributed by atoms with E-state index in [-0.39, 0.29) is 12.0 Å². The highest BCUT2D eigenvalue weighted by Gasteiger charge is 2.25. The SMILES string of the molecule is CCC(=O)C1CCCCCC1N. The number of carbonyl (C=O) groups excluding carboxylic acids is 1. The average molecular weight is 169 g/mol. The van der Waals surface area contributed by atoms with E-state index >= 15 is 0 Å². The molecule has 1 aliphatic carbocycles. The second-order valence-electron chi connectivity index (χ2n) is 3.73. The Hall–Kier alpha value is -0.370. The zero-order valence-electron chi connectivity index (χ0n) is 7.88. The molecule has 0 aromatic rings. The van der Waals surface area contributed by atoms with Gasteiger partial charge in [0.15, 0.2) is 0 Å². The zero-order valence-corrected chi connectivity index (χ0v) is 7.88. The van der Waals surface area contributed by atoms with Gasteiger partial charge in [0, 0.05) is 18.4 Å². The summed E-state index contributed by atoms with van der Waals surface area (Å²) in [5.74, 6) is 0.530. The highest BCUT2D eigenvalue weighted by Crippen LogP contribution is 2.23. The van der Waals surface area contributed by atoms with Gasteiger partial charge in [-0.15, -0.1) is 0 Å². The fraction of sp³-hybridized carbons (Fsp3) is 0.900. The minimum atomic E-state index is 0.139. The molecule has 0 radical (unpaired) electrons. The van der Waals surface area contributed by atoms with Crippen LogP contribution in [-0.4, -0.2) is 11.8 Å². The van der Waals surface area contributed by atoms with Crippen LogP contribution in [0.2, 0.25) is 0 Å². The van der Waals surface area contributed by atoms with E-state index in [2.05, 4.69) is 0 Å². The standard InChI is InChI=1S/C10H19NO/c1-2-10(12)8-6-4-3-5-7-9(8)11/h8-9H,2-7,11H2,1H3. The van der Waals surface area contributed by atoms with Gasteiger partial charge in [0.05, 0.1) is 0 Å². The molecule has 1 aliphatic rings. The number of hydrogen-bond donors (Lipinski definition) is 1. The van der Waals surface area contributed by atoms with Crippen molar-refractivity contribution in [3.8, 4) is 0 Å². The van der Waals surface area contributed by atoms with E-state index in [9.17, 15) is 4.79 Å². The summed E-state index contributed by atoms with van der Waals surface area (Å²) in [5.41, 5.74) is 5.93. The Morgan fingerprint density at radius 1 is 1.33 bits per heavy atom. The maximum absolute atomic E-state index is 11.5. The van der Waals surface area contributed by atoms with E-state index < -0.39 is 0 Å². The lowest BCUT2D eigenvalue weighted by Gasteiger charge is -2.18. The maximum Gasteiger partial charge on any atom is 0.137 e. The number of Topliss-reactive ketones (excluding diaryl/α,β-unsaturated/α-hetero) is 1. The summed E-state index contributed by atoms with van der Waals surface area (Å²) in [4.78, 5) is 11.5. The van der Waals surface area contributed by atoms with E-state index in [1.54, 1.807) is 0 Å². The van der Waals surface area contributed by atoms with Gasteiger partial charge in [0.1, 0.15) is 5.78 Å². The van der Waals surface area contributed by atoms with E-state index in [1.165, 1.54) is 19.3 Å². The Morgan fingerprint density at radius 2 is 2.00 bits per heavy atom. The molecule has 0 amide bonds. The minimum absolute atomic E-state index is 0.139. The first-order valence-corrected chi connectivity index (χ1v) is 5.04. The van der Waals surface area contributed by atoms with Gasteiger partial charge >= 0.3 is 0 Å². The molecule has 0 aliphatic heterocycles. The third kappa shape index (κ3) is 2.31. The molecule has 0 saturated heterocycles. The Labute approximate surface area is 74.5 Å². The van der Waals surface area contributed by atoms with Crippen molar-refractivity contribution in [1.29, 1.82) is 0 Å². The van der Waals surface area contributed by atoms with E-state index in [4.69, 9.17) is 5.73 Å². The zero-order chi connectivity index (χ0) is 8.97. The summed E-state index contributed by atoms with van der Waals surface area (Å²) in [6, 6.07) is 0.139. The molecule has 2 unspecified atom stereocenters. The highest BCUT2D eigenvalue weighted by atomic mass is 16.1. The maximum atomic E-state index is 11.5. The lowest BCUT2D eigenvalue weighted by molar-refractivity contribution is -0.123. The number of hydrogen-bond acceptors (Lipinski definition) is 2. The normalized spacial score (nSPS) is 31.2. The fourth-order valence-electron chi connectivity index (χ4n) is 2.00. The van der Waals surface area contributed by atoms with Crippen LogP contribution in [0.5, 0.6) is 0 Å². The molecule has 2 heteroatoms. The van der Waals surface area contributed by atoms with Gasteiger partial charge in [-0.1, -0.05) is 26.2 Å². The molecule has 2 N–H and O–H groups in total. The summed E-state index contributed by atoms with van der Waals surface area (Å²) in [7, 11) is 0. The summed E-state index contributed by atoms with van der Waals surface area (Å²) in [5, 5.41) is 0.